The lowest BCUT2D eigenvalue weighted by Gasteiger charge is -2.14. The van der Waals surface area contributed by atoms with Gasteiger partial charge in [0.05, 0.1) is 18.5 Å². The molecular weight excluding hydrogens is 481 g/mol. The highest BCUT2D eigenvalue weighted by atomic mass is 127. The predicted molar refractivity (Wildman–Crippen MR) is 128 cm³/mol. The Morgan fingerprint density at radius 3 is 2.72 bits per heavy atom. The van der Waals surface area contributed by atoms with Gasteiger partial charge in [0.1, 0.15) is 11.5 Å². The molecule has 0 amide bonds. The Labute approximate surface area is 190 Å². The van der Waals surface area contributed by atoms with E-state index in [1.54, 1.807) is 6.26 Å². The molecule has 1 saturated heterocycles. The third-order valence-electron chi connectivity index (χ3n) is 4.48. The number of furan rings is 1. The van der Waals surface area contributed by atoms with Crippen LogP contribution >= 0.6 is 24.0 Å². The number of hydrogen-bond donors (Lipinski definition) is 2. The first-order chi connectivity index (χ1) is 13.7. The number of anilines is 1. The summed E-state index contributed by atoms with van der Waals surface area (Å²) in [5.41, 5.74) is 0.970. The molecule has 160 valence electrons. The Morgan fingerprint density at radius 1 is 1.24 bits per heavy atom. The lowest BCUT2D eigenvalue weighted by atomic mass is 10.2. The molecule has 7 heteroatoms. The molecule has 0 spiro atoms. The van der Waals surface area contributed by atoms with Crippen LogP contribution in [-0.4, -0.2) is 37.9 Å². The minimum atomic E-state index is 0. The van der Waals surface area contributed by atoms with Crippen molar-refractivity contribution in [3.05, 3.63) is 48.4 Å². The zero-order valence-electron chi connectivity index (χ0n) is 17.2. The van der Waals surface area contributed by atoms with Crippen LogP contribution in [0.3, 0.4) is 0 Å². The standard InChI is InChI=1S/C22H31N3O3.HI/c1-17(2)28-21-9-7-18(8-10-21)25-22(23-13-11-19-5-3-15-26-19)24-14-12-20-6-4-16-27-20;/h3,5,7-10,15,17,20H,4,6,11-14,16H2,1-2H3,(H2,23,24,25);1H. The predicted octanol–water partition coefficient (Wildman–Crippen LogP) is 4.85. The fourth-order valence-corrected chi connectivity index (χ4v) is 3.12. The summed E-state index contributed by atoms with van der Waals surface area (Å²) in [4.78, 5) is 4.72. The van der Waals surface area contributed by atoms with Crippen molar-refractivity contribution in [2.75, 3.05) is 25.0 Å². The highest BCUT2D eigenvalue weighted by molar-refractivity contribution is 14.0. The van der Waals surface area contributed by atoms with Gasteiger partial charge in [-0.3, -0.25) is 4.99 Å². The Balaban J connectivity index is 0.00000300. The van der Waals surface area contributed by atoms with Gasteiger partial charge in [-0.2, -0.15) is 0 Å². The number of nitrogens with one attached hydrogen (secondary N) is 2. The topological polar surface area (TPSA) is 68.0 Å². The molecule has 1 aromatic carbocycles. The van der Waals surface area contributed by atoms with Crippen LogP contribution in [0.25, 0.3) is 0 Å². The highest BCUT2D eigenvalue weighted by Gasteiger charge is 2.14. The van der Waals surface area contributed by atoms with Crippen LogP contribution in [-0.2, 0) is 11.2 Å². The monoisotopic (exact) mass is 513 g/mol. The summed E-state index contributed by atoms with van der Waals surface area (Å²) in [6.07, 6.45) is 6.27. The third-order valence-corrected chi connectivity index (χ3v) is 4.48. The second-order valence-electron chi connectivity index (χ2n) is 7.23. The molecule has 3 rings (SSSR count). The van der Waals surface area contributed by atoms with Crippen LogP contribution < -0.4 is 15.4 Å². The van der Waals surface area contributed by atoms with Gasteiger partial charge < -0.3 is 24.5 Å². The van der Waals surface area contributed by atoms with E-state index >= 15 is 0 Å². The molecule has 0 saturated carbocycles. The van der Waals surface area contributed by atoms with Crippen molar-refractivity contribution in [3.63, 3.8) is 0 Å². The van der Waals surface area contributed by atoms with Gasteiger partial charge in [0.2, 0.25) is 0 Å². The number of aliphatic imine (C=N–C) groups is 1. The summed E-state index contributed by atoms with van der Waals surface area (Å²) < 4.78 is 16.8. The maximum atomic E-state index is 5.70. The molecule has 1 atom stereocenters. The SMILES string of the molecule is CC(C)Oc1ccc(NC(=NCCC2CCCO2)NCCc2ccco2)cc1.I. The number of halogens is 1. The van der Waals surface area contributed by atoms with Crippen molar-refractivity contribution in [2.24, 2.45) is 4.99 Å². The lowest BCUT2D eigenvalue weighted by Crippen LogP contribution is -2.32. The van der Waals surface area contributed by atoms with Crippen LogP contribution in [0.4, 0.5) is 5.69 Å². The van der Waals surface area contributed by atoms with E-state index in [9.17, 15) is 0 Å². The first-order valence-corrected chi connectivity index (χ1v) is 10.1. The third kappa shape index (κ3) is 8.65. The Bertz CT molecular complexity index is 711. The molecule has 2 heterocycles. The van der Waals surface area contributed by atoms with Crippen molar-refractivity contribution in [3.8, 4) is 5.75 Å². The quantitative estimate of drug-likeness (QED) is 0.285. The summed E-state index contributed by atoms with van der Waals surface area (Å²) in [6.45, 7) is 6.40. The van der Waals surface area contributed by atoms with Crippen molar-refractivity contribution >= 4 is 35.6 Å². The zero-order valence-corrected chi connectivity index (χ0v) is 19.6. The second-order valence-corrected chi connectivity index (χ2v) is 7.23. The normalized spacial score (nSPS) is 16.5. The maximum Gasteiger partial charge on any atom is 0.195 e. The van der Waals surface area contributed by atoms with Gasteiger partial charge in [-0.15, -0.1) is 24.0 Å². The second kappa shape index (κ2) is 12.7. The van der Waals surface area contributed by atoms with E-state index in [4.69, 9.17) is 18.9 Å². The van der Waals surface area contributed by atoms with Crippen molar-refractivity contribution < 1.29 is 13.9 Å². The van der Waals surface area contributed by atoms with Crippen LogP contribution in [0.1, 0.15) is 38.9 Å². The summed E-state index contributed by atoms with van der Waals surface area (Å²) >= 11 is 0. The van der Waals surface area contributed by atoms with Crippen molar-refractivity contribution in [1.82, 2.24) is 5.32 Å². The molecule has 2 aromatic rings. The maximum absolute atomic E-state index is 5.70. The van der Waals surface area contributed by atoms with E-state index in [-0.39, 0.29) is 30.1 Å². The number of ether oxygens (including phenoxy) is 2. The molecule has 1 unspecified atom stereocenters. The molecule has 29 heavy (non-hydrogen) atoms. The zero-order chi connectivity index (χ0) is 19.6. The summed E-state index contributed by atoms with van der Waals surface area (Å²) in [5.74, 6) is 2.59. The number of nitrogens with zero attached hydrogens (tertiary/aromatic N) is 1. The lowest BCUT2D eigenvalue weighted by molar-refractivity contribution is 0.106. The van der Waals surface area contributed by atoms with E-state index in [1.165, 1.54) is 0 Å². The number of benzene rings is 1. The van der Waals surface area contributed by atoms with Crippen LogP contribution in [0.5, 0.6) is 5.75 Å². The fraction of sp³-hybridized carbons (Fsp3) is 0.500. The molecule has 1 aliphatic heterocycles. The Morgan fingerprint density at radius 2 is 2.07 bits per heavy atom. The van der Waals surface area contributed by atoms with Gasteiger partial charge >= 0.3 is 0 Å². The van der Waals surface area contributed by atoms with Gasteiger partial charge in [-0.25, -0.2) is 0 Å². The smallest absolute Gasteiger partial charge is 0.195 e. The molecule has 0 bridgehead atoms. The minimum Gasteiger partial charge on any atom is -0.491 e. The van der Waals surface area contributed by atoms with Crippen LogP contribution in [0, 0.1) is 0 Å². The molecule has 6 nitrogen and oxygen atoms in total. The van der Waals surface area contributed by atoms with Crippen molar-refractivity contribution in [2.45, 2.75) is 51.7 Å². The van der Waals surface area contributed by atoms with Gasteiger partial charge in [0.25, 0.3) is 0 Å². The number of rotatable bonds is 9. The van der Waals surface area contributed by atoms with Crippen molar-refractivity contribution in [1.29, 1.82) is 0 Å². The first kappa shape index (κ1) is 23.5. The van der Waals surface area contributed by atoms with E-state index in [2.05, 4.69) is 10.6 Å². The minimum absolute atomic E-state index is 0. The average Bonchev–Trinajstić information content (AvgIpc) is 3.37. The Hall–Kier alpha value is -1.74. The van der Waals surface area contributed by atoms with Gasteiger partial charge in [-0.1, -0.05) is 0 Å². The van der Waals surface area contributed by atoms with Crippen LogP contribution in [0.15, 0.2) is 52.1 Å². The molecule has 0 radical (unpaired) electrons. The van der Waals surface area contributed by atoms with E-state index in [0.717, 1.165) is 68.5 Å². The largest absolute Gasteiger partial charge is 0.491 e. The molecule has 1 fully saturated rings. The molecule has 1 aliphatic rings. The Kier molecular flexibility index (Phi) is 10.3. The number of guanidine groups is 1. The molecule has 2 N–H and O–H groups in total. The summed E-state index contributed by atoms with van der Waals surface area (Å²) in [7, 11) is 0. The number of hydrogen-bond acceptors (Lipinski definition) is 4. The van der Waals surface area contributed by atoms with E-state index in [1.807, 2.05) is 50.2 Å². The summed E-state index contributed by atoms with van der Waals surface area (Å²) in [5, 5.41) is 6.76. The van der Waals surface area contributed by atoms with E-state index < -0.39 is 0 Å². The molecular formula is C22H32IN3O3. The first-order valence-electron chi connectivity index (χ1n) is 10.1. The average molecular weight is 513 g/mol. The molecule has 1 aromatic heterocycles. The van der Waals surface area contributed by atoms with Crippen LogP contribution in [0.2, 0.25) is 0 Å². The fourth-order valence-electron chi connectivity index (χ4n) is 3.12. The molecule has 0 aliphatic carbocycles. The van der Waals surface area contributed by atoms with Gasteiger partial charge in [-0.05, 0) is 69.5 Å². The van der Waals surface area contributed by atoms with E-state index in [0.29, 0.717) is 6.10 Å². The van der Waals surface area contributed by atoms with Gasteiger partial charge in [0.15, 0.2) is 5.96 Å². The van der Waals surface area contributed by atoms with Gasteiger partial charge in [0, 0.05) is 31.8 Å². The summed E-state index contributed by atoms with van der Waals surface area (Å²) in [6, 6.07) is 11.8. The highest BCUT2D eigenvalue weighted by Crippen LogP contribution is 2.17.